The van der Waals surface area contributed by atoms with E-state index in [1.165, 1.54) is 6.42 Å². The van der Waals surface area contributed by atoms with Crippen molar-refractivity contribution in [3.63, 3.8) is 0 Å². The molecule has 0 saturated carbocycles. The molecule has 2 N–H and O–H groups in total. The normalized spacial score (nSPS) is 21.2. The van der Waals surface area contributed by atoms with E-state index in [-0.39, 0.29) is 11.3 Å². The topological polar surface area (TPSA) is 53.6 Å². The summed E-state index contributed by atoms with van der Waals surface area (Å²) in [5.41, 5.74) is 0. The highest BCUT2D eigenvalue weighted by Crippen LogP contribution is 2.13. The molecule has 0 unspecified atom stereocenters. The summed E-state index contributed by atoms with van der Waals surface area (Å²) in [5, 5.41) is 6.55. The van der Waals surface area contributed by atoms with Crippen LogP contribution in [-0.4, -0.2) is 74.6 Å². The van der Waals surface area contributed by atoms with Crippen molar-refractivity contribution in [2.75, 3.05) is 58.4 Å². The summed E-state index contributed by atoms with van der Waals surface area (Å²) in [5.74, 6) is 0. The summed E-state index contributed by atoms with van der Waals surface area (Å²) in [6, 6.07) is 0. The van der Waals surface area contributed by atoms with Crippen LogP contribution in [-0.2, 0) is 4.74 Å². The van der Waals surface area contributed by atoms with Gasteiger partial charge < -0.3 is 15.4 Å². The van der Waals surface area contributed by atoms with Gasteiger partial charge in [0.25, 0.3) is 5.24 Å². The summed E-state index contributed by atoms with van der Waals surface area (Å²) in [7, 11) is -0.542. The Morgan fingerprint density at radius 1 is 1.42 bits per heavy atom. The van der Waals surface area contributed by atoms with Crippen molar-refractivity contribution < 1.29 is 9.53 Å². The van der Waals surface area contributed by atoms with Crippen molar-refractivity contribution in [1.82, 2.24) is 15.5 Å². The Balaban J connectivity index is 2.17. The van der Waals surface area contributed by atoms with Crippen LogP contribution in [0.1, 0.15) is 13.3 Å². The molecule has 114 valence electrons. The van der Waals surface area contributed by atoms with Crippen molar-refractivity contribution in [3.8, 4) is 0 Å². The molecule has 0 radical (unpaired) electrons. The maximum Gasteiger partial charge on any atom is 0.258 e. The number of carbonyl (C=O) groups is 1. The summed E-state index contributed by atoms with van der Waals surface area (Å²) in [6.45, 7) is 8.66. The molecular weight excluding hydrogens is 262 g/mol. The zero-order valence-electron chi connectivity index (χ0n) is 12.4. The van der Waals surface area contributed by atoms with Crippen molar-refractivity contribution in [2.24, 2.45) is 0 Å². The summed E-state index contributed by atoms with van der Waals surface area (Å²) < 4.78 is 5.70. The number of amides is 1. The van der Waals surface area contributed by atoms with Gasteiger partial charge in [-0.1, -0.05) is 6.92 Å². The molecule has 0 aromatic carbocycles. The summed E-state index contributed by atoms with van der Waals surface area (Å²) in [4.78, 5) is 14.0. The molecule has 1 atom stereocenters. The fourth-order valence-electron chi connectivity index (χ4n) is 2.01. The van der Waals surface area contributed by atoms with E-state index in [4.69, 9.17) is 4.74 Å². The average Bonchev–Trinajstić information content (AvgIpc) is 2.41. The first kappa shape index (κ1) is 16.8. The first-order chi connectivity index (χ1) is 9.13. The molecule has 0 aliphatic carbocycles. The number of hydrogen-bond donors (Lipinski definition) is 3. The van der Waals surface area contributed by atoms with E-state index in [2.05, 4.69) is 22.5 Å². The molecule has 0 aromatic rings. The van der Waals surface area contributed by atoms with E-state index in [1.807, 2.05) is 12.5 Å². The van der Waals surface area contributed by atoms with E-state index >= 15 is 0 Å². The lowest BCUT2D eigenvalue weighted by molar-refractivity contribution is -0.0249. The van der Waals surface area contributed by atoms with E-state index in [0.717, 1.165) is 39.3 Å². The van der Waals surface area contributed by atoms with Gasteiger partial charge in [-0.2, -0.15) is 10.9 Å². The molecule has 1 aliphatic rings. The summed E-state index contributed by atoms with van der Waals surface area (Å²) >= 11 is 0. The smallest absolute Gasteiger partial charge is 0.258 e. The van der Waals surface area contributed by atoms with E-state index in [1.54, 1.807) is 0 Å². The fraction of sp³-hybridized carbons (Fsp3) is 0.923. The Morgan fingerprint density at radius 3 is 2.89 bits per heavy atom. The predicted molar refractivity (Wildman–Crippen MR) is 83.6 cm³/mol. The van der Waals surface area contributed by atoms with E-state index < -0.39 is 10.9 Å². The van der Waals surface area contributed by atoms with Crippen molar-refractivity contribution in [1.29, 1.82) is 0 Å². The van der Waals surface area contributed by atoms with Gasteiger partial charge in [0.15, 0.2) is 0 Å². The van der Waals surface area contributed by atoms with Gasteiger partial charge in [0.2, 0.25) is 0 Å². The van der Waals surface area contributed by atoms with Crippen LogP contribution in [0.4, 0.5) is 4.79 Å². The molecule has 1 amide bonds. The second kappa shape index (κ2) is 9.58. The van der Waals surface area contributed by atoms with Gasteiger partial charge in [-0.25, -0.2) is 0 Å². The van der Waals surface area contributed by atoms with Crippen molar-refractivity contribution in [2.45, 2.75) is 19.4 Å². The first-order valence-corrected chi connectivity index (χ1v) is 9.37. The zero-order valence-corrected chi connectivity index (χ0v) is 13.3. The molecule has 0 bridgehead atoms. The molecular formula is C13H29N3O2S. The van der Waals surface area contributed by atoms with Gasteiger partial charge in [0.1, 0.15) is 0 Å². The van der Waals surface area contributed by atoms with Crippen LogP contribution in [0.15, 0.2) is 0 Å². The molecule has 1 saturated heterocycles. The van der Waals surface area contributed by atoms with Gasteiger partial charge >= 0.3 is 0 Å². The van der Waals surface area contributed by atoms with E-state index in [0.29, 0.717) is 6.54 Å². The van der Waals surface area contributed by atoms with Crippen LogP contribution in [0.25, 0.3) is 0 Å². The monoisotopic (exact) mass is 291 g/mol. The second-order valence-electron chi connectivity index (χ2n) is 5.12. The molecule has 19 heavy (non-hydrogen) atoms. The number of rotatable bonds is 7. The number of thiol groups is 1. The molecule has 1 aliphatic heterocycles. The Labute approximate surface area is 119 Å². The van der Waals surface area contributed by atoms with Gasteiger partial charge in [-0.3, -0.25) is 9.69 Å². The quantitative estimate of drug-likeness (QED) is 0.476. The third-order valence-corrected chi connectivity index (χ3v) is 4.11. The van der Waals surface area contributed by atoms with Crippen LogP contribution >= 0.6 is 10.9 Å². The SMILES string of the molecule is CCCNCCN1CCO[C@@H](CNC(=O)[SH](C)C)C1. The second-order valence-corrected chi connectivity index (χ2v) is 7.32. The van der Waals surface area contributed by atoms with Crippen LogP contribution in [0.5, 0.6) is 0 Å². The average molecular weight is 291 g/mol. The molecule has 5 nitrogen and oxygen atoms in total. The summed E-state index contributed by atoms with van der Waals surface area (Å²) in [6.07, 6.45) is 5.25. The lowest BCUT2D eigenvalue weighted by atomic mass is 10.2. The largest absolute Gasteiger partial charge is 0.374 e. The number of morpholine rings is 1. The maximum absolute atomic E-state index is 11.5. The lowest BCUT2D eigenvalue weighted by Crippen LogP contribution is -2.48. The first-order valence-electron chi connectivity index (χ1n) is 7.13. The van der Waals surface area contributed by atoms with Crippen LogP contribution in [0, 0.1) is 0 Å². The third-order valence-electron chi connectivity index (χ3n) is 3.14. The minimum Gasteiger partial charge on any atom is -0.374 e. The van der Waals surface area contributed by atoms with Gasteiger partial charge in [-0.15, -0.1) is 0 Å². The third kappa shape index (κ3) is 7.15. The molecule has 0 aromatic heterocycles. The van der Waals surface area contributed by atoms with Crippen LogP contribution in [0.3, 0.4) is 0 Å². The number of ether oxygens (including phenoxy) is 1. The van der Waals surface area contributed by atoms with Crippen molar-refractivity contribution in [3.05, 3.63) is 0 Å². The number of nitrogens with zero attached hydrogens (tertiary/aromatic N) is 1. The number of carbonyl (C=O) groups excluding carboxylic acids is 1. The Kier molecular flexibility index (Phi) is 8.45. The van der Waals surface area contributed by atoms with Crippen molar-refractivity contribution >= 4 is 16.1 Å². The molecule has 1 fully saturated rings. The van der Waals surface area contributed by atoms with E-state index in [9.17, 15) is 4.79 Å². The minimum atomic E-state index is -0.542. The predicted octanol–water partition coefficient (Wildman–Crippen LogP) is 0.657. The Bertz CT molecular complexity index is 264. The molecule has 0 spiro atoms. The number of hydrogen-bond acceptors (Lipinski definition) is 4. The molecule has 1 heterocycles. The van der Waals surface area contributed by atoms with Gasteiger partial charge in [0, 0.05) is 32.7 Å². The van der Waals surface area contributed by atoms with Gasteiger partial charge in [0.05, 0.1) is 12.7 Å². The fourth-order valence-corrected chi connectivity index (χ4v) is 2.41. The zero-order chi connectivity index (χ0) is 14.1. The standard InChI is InChI=1S/C13H29N3O2S/c1-4-5-14-6-7-16-8-9-18-12(11-16)10-15-13(17)19(2)3/h12,14,19H,4-11H2,1-3H3,(H,15,17)/t12-/m0/s1. The van der Waals surface area contributed by atoms with Gasteiger partial charge in [-0.05, 0) is 25.5 Å². The molecule has 1 rings (SSSR count). The highest BCUT2D eigenvalue weighted by atomic mass is 32.2. The number of nitrogens with one attached hydrogen (secondary N) is 2. The minimum absolute atomic E-state index is 0.138. The highest BCUT2D eigenvalue weighted by molar-refractivity contribution is 8.28. The van der Waals surface area contributed by atoms with Crippen LogP contribution in [0.2, 0.25) is 0 Å². The van der Waals surface area contributed by atoms with Crippen LogP contribution < -0.4 is 10.6 Å². The maximum atomic E-state index is 11.5. The highest BCUT2D eigenvalue weighted by Gasteiger charge is 2.20. The Morgan fingerprint density at radius 2 is 2.21 bits per heavy atom. The lowest BCUT2D eigenvalue weighted by Gasteiger charge is -2.33. The Hall–Kier alpha value is -0.300. The molecule has 6 heteroatoms.